The van der Waals surface area contributed by atoms with Crippen LogP contribution >= 0.6 is 19.2 Å². The minimum atomic E-state index is -4.09. The van der Waals surface area contributed by atoms with Gasteiger partial charge in [0, 0.05) is 17.3 Å². The number of aliphatic hydroxyl groups is 2. The molecule has 0 aliphatic carbocycles. The van der Waals surface area contributed by atoms with Crippen LogP contribution in [0, 0.1) is 18.8 Å². The molecule has 1 aromatic carbocycles. The van der Waals surface area contributed by atoms with E-state index in [0.29, 0.717) is 17.9 Å². The van der Waals surface area contributed by atoms with Gasteiger partial charge < -0.3 is 24.2 Å². The summed E-state index contributed by atoms with van der Waals surface area (Å²) >= 11 is 5.93. The minimum Gasteiger partial charge on any atom is -0.462 e. The summed E-state index contributed by atoms with van der Waals surface area (Å²) in [4.78, 5) is 38.4. The van der Waals surface area contributed by atoms with E-state index in [2.05, 4.69) is 17.8 Å². The normalized spacial score (nSPS) is 24.1. The fourth-order valence-corrected chi connectivity index (χ4v) is 6.09. The van der Waals surface area contributed by atoms with Gasteiger partial charge in [-0.05, 0) is 44.0 Å². The SMILES string of the molecule is C#C.CCC(CC)OC(=O)[C@H](C)CP(=O)(OC[C@H]1O[C@@H](n2ccc(=O)[nH]c2=O)[C@](C)(O)[C@@H]1O)Oc1ccc(Cl)cc1. The molecule has 1 saturated heterocycles. The Hall–Kier alpha value is -2.91. The number of H-pyrrole nitrogens is 1. The number of nitrogens with one attached hydrogen (secondary N) is 1. The van der Waals surface area contributed by atoms with E-state index >= 15 is 0 Å². The number of hydrogen-bond donors (Lipinski definition) is 3. The Morgan fingerprint density at radius 3 is 2.39 bits per heavy atom. The smallest absolute Gasteiger partial charge is 0.380 e. The highest BCUT2D eigenvalue weighted by atomic mass is 35.5. The average molecular weight is 615 g/mol. The Morgan fingerprint density at radius 2 is 1.83 bits per heavy atom. The molecule has 3 N–H and O–H groups in total. The molecule has 0 radical (unpaired) electrons. The highest BCUT2D eigenvalue weighted by Gasteiger charge is 2.54. The number of aromatic amines is 1. The van der Waals surface area contributed by atoms with E-state index in [1.165, 1.54) is 38.1 Å². The fraction of sp³-hybridized carbons (Fsp3) is 0.519. The summed E-state index contributed by atoms with van der Waals surface area (Å²) in [5.41, 5.74) is -3.49. The summed E-state index contributed by atoms with van der Waals surface area (Å²) < 4.78 is 37.4. The molecule has 2 aromatic rings. The number of benzene rings is 1. The standard InChI is InChI=1S/C25H34ClN2O10P.C2H2/c1-5-17(6-2)36-22(31)15(3)14-39(34,38-18-9-7-16(26)8-10-18)35-13-19-21(30)25(4,33)23(37-19)28-12-11-20(29)27-24(28)32;1-2/h7-12,15,17,19,21,23,30,33H,5-6,13-14H2,1-4H3,(H,27,29,32);1-2H/t15-,19-,21-,23-,25-,39?;/m1./s1. The number of nitrogens with zero attached hydrogens (tertiary/aromatic N) is 1. The molecule has 41 heavy (non-hydrogen) atoms. The minimum absolute atomic E-state index is 0.167. The van der Waals surface area contributed by atoms with Crippen molar-refractivity contribution in [2.24, 2.45) is 5.92 Å². The van der Waals surface area contributed by atoms with Gasteiger partial charge in [-0.1, -0.05) is 32.4 Å². The molecule has 1 aromatic heterocycles. The number of carbonyl (C=O) groups is 1. The third kappa shape index (κ3) is 8.79. The zero-order valence-electron chi connectivity index (χ0n) is 23.3. The second-order valence-electron chi connectivity index (χ2n) is 9.63. The van der Waals surface area contributed by atoms with E-state index < -0.39 is 61.4 Å². The first-order valence-electron chi connectivity index (χ1n) is 12.9. The molecular weight excluding hydrogens is 579 g/mol. The molecule has 1 fully saturated rings. The van der Waals surface area contributed by atoms with E-state index in [4.69, 9.17) is 30.1 Å². The lowest BCUT2D eigenvalue weighted by molar-refractivity contribution is -0.153. The highest BCUT2D eigenvalue weighted by Crippen LogP contribution is 2.51. The van der Waals surface area contributed by atoms with E-state index in [0.717, 1.165) is 16.8 Å². The van der Waals surface area contributed by atoms with E-state index in [1.807, 2.05) is 13.8 Å². The lowest BCUT2D eigenvalue weighted by Gasteiger charge is -2.27. The van der Waals surface area contributed by atoms with Crippen molar-refractivity contribution in [2.75, 3.05) is 12.8 Å². The highest BCUT2D eigenvalue weighted by molar-refractivity contribution is 7.54. The van der Waals surface area contributed by atoms with Crippen molar-refractivity contribution in [1.82, 2.24) is 9.55 Å². The number of aliphatic hydroxyl groups excluding tert-OH is 1. The summed E-state index contributed by atoms with van der Waals surface area (Å²) in [5.74, 6) is -1.26. The van der Waals surface area contributed by atoms with Gasteiger partial charge in [0.05, 0.1) is 18.7 Å². The third-order valence-electron chi connectivity index (χ3n) is 6.45. The van der Waals surface area contributed by atoms with Gasteiger partial charge in [0.25, 0.3) is 5.56 Å². The van der Waals surface area contributed by atoms with Crippen molar-refractivity contribution in [3.05, 3.63) is 62.4 Å². The van der Waals surface area contributed by atoms with Crippen molar-refractivity contribution in [3.8, 4) is 18.6 Å². The van der Waals surface area contributed by atoms with Crippen LogP contribution in [0.3, 0.4) is 0 Å². The van der Waals surface area contributed by atoms with Crippen molar-refractivity contribution in [3.63, 3.8) is 0 Å². The van der Waals surface area contributed by atoms with Gasteiger partial charge in [0.1, 0.15) is 29.7 Å². The lowest BCUT2D eigenvalue weighted by atomic mass is 9.96. The number of hydrogen-bond acceptors (Lipinski definition) is 10. The molecule has 12 nitrogen and oxygen atoms in total. The first kappa shape index (κ1) is 34.3. The average Bonchev–Trinajstić information content (AvgIpc) is 3.16. The van der Waals surface area contributed by atoms with E-state index in [1.54, 1.807) is 0 Å². The first-order valence-corrected chi connectivity index (χ1v) is 15.0. The van der Waals surface area contributed by atoms with Crippen LogP contribution in [0.4, 0.5) is 0 Å². The Labute approximate surface area is 243 Å². The number of esters is 1. The third-order valence-corrected chi connectivity index (χ3v) is 8.72. The van der Waals surface area contributed by atoms with E-state index in [-0.39, 0.29) is 18.0 Å². The van der Waals surface area contributed by atoms with Gasteiger partial charge in [-0.25, -0.2) is 9.36 Å². The van der Waals surface area contributed by atoms with Crippen LogP contribution in [0.15, 0.2) is 46.1 Å². The topological polar surface area (TPSA) is 166 Å². The quantitative estimate of drug-likeness (QED) is 0.184. The molecule has 3 rings (SSSR count). The van der Waals surface area contributed by atoms with Gasteiger partial charge in [-0.3, -0.25) is 23.7 Å². The molecule has 0 saturated carbocycles. The lowest BCUT2D eigenvalue weighted by Crippen LogP contribution is -2.46. The van der Waals surface area contributed by atoms with Crippen molar-refractivity contribution in [2.45, 2.75) is 70.7 Å². The Kier molecular flexibility index (Phi) is 12.4. The maximum Gasteiger partial charge on any atom is 0.380 e. The molecule has 2 heterocycles. The summed E-state index contributed by atoms with van der Waals surface area (Å²) in [5, 5.41) is 22.1. The maximum absolute atomic E-state index is 13.9. The molecule has 1 unspecified atom stereocenters. The second kappa shape index (κ2) is 14.8. The number of carbonyl (C=O) groups excluding carboxylic acids is 1. The Bertz CT molecular complexity index is 1340. The number of terminal acetylenes is 1. The summed E-state index contributed by atoms with van der Waals surface area (Å²) in [7, 11) is -4.09. The number of rotatable bonds is 12. The molecule has 1 aliphatic rings. The molecule has 0 spiro atoms. The van der Waals surface area contributed by atoms with Crippen LogP contribution in [0.1, 0.15) is 46.8 Å². The van der Waals surface area contributed by atoms with Gasteiger partial charge in [-0.2, -0.15) is 0 Å². The molecule has 226 valence electrons. The number of halogens is 1. The summed E-state index contributed by atoms with van der Waals surface area (Å²) in [6.07, 6.45) is 5.52. The molecular formula is C27H36ClN2O10P. The Balaban J connectivity index is 0.00000287. The summed E-state index contributed by atoms with van der Waals surface area (Å²) in [6, 6.07) is 7.08. The first-order chi connectivity index (χ1) is 19.3. The monoisotopic (exact) mass is 614 g/mol. The maximum atomic E-state index is 13.9. The Morgan fingerprint density at radius 1 is 1.22 bits per heavy atom. The van der Waals surface area contributed by atoms with Crippen LogP contribution in [0.25, 0.3) is 0 Å². The summed E-state index contributed by atoms with van der Waals surface area (Å²) in [6.45, 7) is 6.04. The van der Waals surface area contributed by atoms with Gasteiger partial charge in [0.2, 0.25) is 0 Å². The second-order valence-corrected chi connectivity index (χ2v) is 12.1. The number of aromatic nitrogens is 2. The van der Waals surface area contributed by atoms with Crippen molar-refractivity contribution >= 4 is 25.2 Å². The van der Waals surface area contributed by atoms with Crippen molar-refractivity contribution in [1.29, 1.82) is 0 Å². The van der Waals surface area contributed by atoms with E-state index in [9.17, 15) is 29.2 Å². The fourth-order valence-electron chi connectivity index (χ4n) is 4.09. The van der Waals surface area contributed by atoms with Gasteiger partial charge in [-0.15, -0.1) is 12.8 Å². The zero-order chi connectivity index (χ0) is 31.0. The molecule has 0 bridgehead atoms. The molecule has 6 atom stereocenters. The predicted octanol–water partition coefficient (Wildman–Crippen LogP) is 3.11. The van der Waals surface area contributed by atoms with Crippen LogP contribution < -0.4 is 15.8 Å². The zero-order valence-corrected chi connectivity index (χ0v) is 24.9. The predicted molar refractivity (Wildman–Crippen MR) is 152 cm³/mol. The van der Waals surface area contributed by atoms with Gasteiger partial charge >= 0.3 is 19.3 Å². The molecule has 0 amide bonds. The van der Waals surface area contributed by atoms with Crippen molar-refractivity contribution < 1.29 is 38.1 Å². The van der Waals surface area contributed by atoms with Crippen LogP contribution in [0.2, 0.25) is 5.02 Å². The van der Waals surface area contributed by atoms with Gasteiger partial charge in [0.15, 0.2) is 6.23 Å². The largest absolute Gasteiger partial charge is 0.462 e. The number of ether oxygens (including phenoxy) is 2. The van der Waals surface area contributed by atoms with Crippen LogP contribution in [-0.2, 0) is 23.4 Å². The van der Waals surface area contributed by atoms with Crippen LogP contribution in [0.5, 0.6) is 5.75 Å². The van der Waals surface area contributed by atoms with Crippen LogP contribution in [-0.4, -0.2) is 62.4 Å². The molecule has 1 aliphatic heterocycles. The molecule has 14 heteroatoms.